The highest BCUT2D eigenvalue weighted by Crippen LogP contribution is 2.38. The summed E-state index contributed by atoms with van der Waals surface area (Å²) < 4.78 is 33.2. The van der Waals surface area contributed by atoms with Gasteiger partial charge in [0.15, 0.2) is 41.2 Å². The van der Waals surface area contributed by atoms with Gasteiger partial charge in [-0.25, -0.2) is 9.40 Å². The van der Waals surface area contributed by atoms with Gasteiger partial charge in [-0.15, -0.1) is 0 Å². The summed E-state index contributed by atoms with van der Waals surface area (Å²) in [7, 11) is 3.11. The van der Waals surface area contributed by atoms with Crippen molar-refractivity contribution in [1.82, 2.24) is 14.8 Å². The lowest BCUT2D eigenvalue weighted by molar-refractivity contribution is -0.117. The minimum absolute atomic E-state index is 0.0863. The van der Waals surface area contributed by atoms with Gasteiger partial charge in [0.1, 0.15) is 18.1 Å². The summed E-state index contributed by atoms with van der Waals surface area (Å²) >= 11 is 0. The van der Waals surface area contributed by atoms with Crippen molar-refractivity contribution in [2.45, 2.75) is 45.3 Å². The number of likely N-dealkylation sites (tertiary alicyclic amines) is 1. The van der Waals surface area contributed by atoms with Crippen LogP contribution >= 0.6 is 0 Å². The average molecular weight is 711 g/mol. The van der Waals surface area contributed by atoms with Crippen molar-refractivity contribution in [3.8, 4) is 23.0 Å². The van der Waals surface area contributed by atoms with Gasteiger partial charge in [-0.05, 0) is 88.6 Å². The number of rotatable bonds is 13. The number of halogens is 1. The zero-order chi connectivity index (χ0) is 36.8. The third-order valence-electron chi connectivity index (χ3n) is 9.53. The summed E-state index contributed by atoms with van der Waals surface area (Å²) in [5, 5.41) is 9.00. The number of fused-ring (bicyclic) bond motifs is 1. The van der Waals surface area contributed by atoms with Gasteiger partial charge in [0.05, 0.1) is 24.9 Å². The molecule has 1 fully saturated rings. The Kier molecular flexibility index (Phi) is 11.4. The maximum absolute atomic E-state index is 15.5. The lowest BCUT2D eigenvalue weighted by Crippen LogP contribution is -2.60. The summed E-state index contributed by atoms with van der Waals surface area (Å²) in [4.78, 5) is 46.0. The van der Waals surface area contributed by atoms with Crippen molar-refractivity contribution in [2.24, 2.45) is 11.0 Å². The Bertz CT molecular complexity index is 1950. The molecule has 3 heterocycles. The molecular weight excluding hydrogens is 667 g/mol. The number of methoxy groups -OCH3 is 1. The van der Waals surface area contributed by atoms with Gasteiger partial charge in [0, 0.05) is 35.9 Å². The fourth-order valence-corrected chi connectivity index (χ4v) is 6.39. The molecule has 0 bridgehead atoms. The summed E-state index contributed by atoms with van der Waals surface area (Å²) in [5.41, 5.74) is 2.09. The molecule has 0 aliphatic carbocycles. The number of likely N-dealkylation sites (N-methyl/N-ethyl adjacent to an activating group) is 1. The largest absolute Gasteiger partial charge is 0.493 e. The van der Waals surface area contributed by atoms with Crippen LogP contribution in [0.1, 0.15) is 31.7 Å². The highest BCUT2D eigenvalue weighted by atomic mass is 19.1. The monoisotopic (exact) mass is 710 g/mol. The fraction of sp³-hybridized carbons (Fsp3) is 0.359. The summed E-state index contributed by atoms with van der Waals surface area (Å²) in [6.07, 6.45) is 5.18. The molecule has 0 spiro atoms. The molecule has 272 valence electrons. The Hall–Kier alpha value is -5.40. The Labute approximate surface area is 302 Å². The molecule has 0 saturated carbocycles. The van der Waals surface area contributed by atoms with E-state index < -0.39 is 23.9 Å². The third-order valence-corrected chi connectivity index (χ3v) is 9.53. The standard InChI is InChI=1S/C39H43FN6O6/c1-25-6-9-28(10-7-25)46-37(24-48)44(3)32(23-47)38(43-46)39(49)42-27-8-11-34(30(40)20-27)52-33-12-15-41-31-22-36(35(50-4)21-29(31)33)51-19-5-16-45-17-13-26(2)14-18-45/h6-12,15,20-24,26,32,37H,5,13-14,16-19H2,1-4H3,(H,42,49). The first-order chi connectivity index (χ1) is 25.2. The molecule has 1 amide bonds. The molecule has 52 heavy (non-hydrogen) atoms. The number of aldehydes is 2. The van der Waals surface area contributed by atoms with Crippen LogP contribution in [0.3, 0.4) is 0 Å². The number of aryl methyl sites for hydroxylation is 1. The van der Waals surface area contributed by atoms with Crippen LogP contribution in [0.4, 0.5) is 15.8 Å². The number of nitrogens with one attached hydrogen (secondary N) is 1. The second kappa shape index (κ2) is 16.3. The van der Waals surface area contributed by atoms with Gasteiger partial charge in [-0.3, -0.25) is 19.5 Å². The van der Waals surface area contributed by atoms with E-state index in [4.69, 9.17) is 14.2 Å². The van der Waals surface area contributed by atoms with Gasteiger partial charge in [-0.2, -0.15) is 5.10 Å². The highest BCUT2D eigenvalue weighted by Gasteiger charge is 2.39. The second-order valence-electron chi connectivity index (χ2n) is 13.2. The molecule has 3 aromatic carbocycles. The average Bonchev–Trinajstić information content (AvgIpc) is 3.14. The van der Waals surface area contributed by atoms with Crippen LogP contribution in [0, 0.1) is 18.7 Å². The quantitative estimate of drug-likeness (QED) is 0.134. The third kappa shape index (κ3) is 8.05. The number of carbonyl (C=O) groups is 3. The molecule has 6 rings (SSSR count). The number of hydrazone groups is 1. The molecule has 1 saturated heterocycles. The highest BCUT2D eigenvalue weighted by molar-refractivity contribution is 6.47. The summed E-state index contributed by atoms with van der Waals surface area (Å²) in [6.45, 7) is 7.98. The molecule has 2 atom stereocenters. The normalized spacial score (nSPS) is 18.5. The molecule has 2 aliphatic heterocycles. The number of ether oxygens (including phenoxy) is 3. The van der Waals surface area contributed by atoms with Crippen LogP contribution < -0.4 is 24.5 Å². The number of hydrogen-bond acceptors (Lipinski definition) is 11. The lowest BCUT2D eigenvalue weighted by Gasteiger charge is -2.40. The van der Waals surface area contributed by atoms with Gasteiger partial charge >= 0.3 is 0 Å². The van der Waals surface area contributed by atoms with Gasteiger partial charge in [-0.1, -0.05) is 24.6 Å². The predicted octanol–water partition coefficient (Wildman–Crippen LogP) is 5.82. The number of anilines is 2. The van der Waals surface area contributed by atoms with Crippen LogP contribution in [-0.2, 0) is 14.4 Å². The SMILES string of the molecule is COc1cc2c(Oc3ccc(NC(=O)C4=NN(c5ccc(C)cc5)C(C=O)N(C)C4C=O)cc3F)ccnc2cc1OCCCN1CCC(C)CC1. The predicted molar refractivity (Wildman–Crippen MR) is 197 cm³/mol. The maximum atomic E-state index is 15.5. The number of nitrogens with zero attached hydrogens (tertiary/aromatic N) is 5. The molecule has 1 N–H and O–H groups in total. The van der Waals surface area contributed by atoms with Crippen LogP contribution in [-0.4, -0.2) is 91.6 Å². The van der Waals surface area contributed by atoms with E-state index in [0.717, 1.165) is 43.6 Å². The van der Waals surface area contributed by atoms with E-state index in [9.17, 15) is 14.4 Å². The first kappa shape index (κ1) is 36.4. The molecule has 1 aromatic heterocycles. The van der Waals surface area contributed by atoms with Crippen molar-refractivity contribution in [2.75, 3.05) is 50.7 Å². The van der Waals surface area contributed by atoms with Crippen molar-refractivity contribution in [3.63, 3.8) is 0 Å². The number of amides is 1. The van der Waals surface area contributed by atoms with Crippen molar-refractivity contribution >= 4 is 46.5 Å². The van der Waals surface area contributed by atoms with Crippen LogP contribution in [0.25, 0.3) is 10.9 Å². The first-order valence-corrected chi connectivity index (χ1v) is 17.4. The van der Waals surface area contributed by atoms with Crippen LogP contribution in [0.15, 0.2) is 72.0 Å². The van der Waals surface area contributed by atoms with Crippen LogP contribution in [0.2, 0.25) is 0 Å². The van der Waals surface area contributed by atoms with Crippen molar-refractivity contribution in [3.05, 3.63) is 78.2 Å². The summed E-state index contributed by atoms with van der Waals surface area (Å²) in [5.74, 6) is 0.642. The Morgan fingerprint density at radius 3 is 2.44 bits per heavy atom. The number of aromatic nitrogens is 1. The molecule has 2 unspecified atom stereocenters. The maximum Gasteiger partial charge on any atom is 0.274 e. The minimum Gasteiger partial charge on any atom is -0.493 e. The molecule has 12 nitrogen and oxygen atoms in total. The van der Waals surface area contributed by atoms with Crippen molar-refractivity contribution < 1.29 is 33.0 Å². The zero-order valence-electron chi connectivity index (χ0n) is 29.8. The Balaban J connectivity index is 1.15. The van der Waals surface area contributed by atoms with Crippen LogP contribution in [0.5, 0.6) is 23.0 Å². The molecule has 13 heteroatoms. The van der Waals surface area contributed by atoms with E-state index in [1.165, 1.54) is 34.9 Å². The minimum atomic E-state index is -1.12. The van der Waals surface area contributed by atoms with Gasteiger partial charge in [0.2, 0.25) is 0 Å². The molecule has 2 aliphatic rings. The zero-order valence-corrected chi connectivity index (χ0v) is 29.8. The van der Waals surface area contributed by atoms with E-state index in [2.05, 4.69) is 27.2 Å². The van der Waals surface area contributed by atoms with E-state index in [-0.39, 0.29) is 17.1 Å². The van der Waals surface area contributed by atoms with Crippen molar-refractivity contribution in [1.29, 1.82) is 0 Å². The Morgan fingerprint density at radius 2 is 1.75 bits per heavy atom. The number of piperidine rings is 1. The van der Waals surface area contributed by atoms with Gasteiger partial charge < -0.3 is 29.2 Å². The number of carbonyl (C=O) groups excluding carboxylic acids is 3. The number of benzene rings is 3. The number of hydrogen-bond donors (Lipinski definition) is 1. The lowest BCUT2D eigenvalue weighted by atomic mass is 9.99. The Morgan fingerprint density at radius 1 is 0.981 bits per heavy atom. The van der Waals surface area contributed by atoms with E-state index in [1.54, 1.807) is 50.7 Å². The first-order valence-electron chi connectivity index (χ1n) is 17.4. The second-order valence-corrected chi connectivity index (χ2v) is 13.2. The smallest absolute Gasteiger partial charge is 0.274 e. The van der Waals surface area contributed by atoms with E-state index >= 15 is 4.39 Å². The summed E-state index contributed by atoms with van der Waals surface area (Å²) in [6, 6.07) is 15.3. The molecular formula is C39H43FN6O6. The van der Waals surface area contributed by atoms with E-state index in [0.29, 0.717) is 53.0 Å². The fourth-order valence-electron chi connectivity index (χ4n) is 6.39. The molecule has 4 aromatic rings. The van der Waals surface area contributed by atoms with E-state index in [1.807, 2.05) is 19.1 Å². The van der Waals surface area contributed by atoms with Gasteiger partial charge in [0.25, 0.3) is 5.91 Å². The number of pyridine rings is 1. The topological polar surface area (TPSA) is 126 Å². The molecule has 0 radical (unpaired) electrons.